The lowest BCUT2D eigenvalue weighted by molar-refractivity contribution is 1.09. The lowest BCUT2D eigenvalue weighted by Gasteiger charge is -1.89. The number of hydrogen-bond donors (Lipinski definition) is 2. The molecule has 0 aliphatic heterocycles. The summed E-state index contributed by atoms with van der Waals surface area (Å²) in [6.07, 6.45) is 0. The molecule has 0 aromatic carbocycles. The number of halogens is 2. The fourth-order valence-corrected chi connectivity index (χ4v) is 1.62. The van der Waals surface area contributed by atoms with E-state index < -0.39 is 0 Å². The summed E-state index contributed by atoms with van der Waals surface area (Å²) in [5.74, 6) is 0. The van der Waals surface area contributed by atoms with Crippen molar-refractivity contribution in [2.45, 2.75) is 0 Å². The predicted molar refractivity (Wildman–Crippen MR) is 52.1 cm³/mol. The Morgan fingerprint density at radius 2 is 2.17 bits per heavy atom. The third kappa shape index (κ3) is 1.11. The van der Waals surface area contributed by atoms with Crippen molar-refractivity contribution in [1.82, 2.24) is 15.2 Å². The molecule has 2 heterocycles. The van der Waals surface area contributed by atoms with E-state index in [1.54, 1.807) is 6.07 Å². The average Bonchev–Trinajstić information content (AvgIpc) is 2.35. The first kappa shape index (κ1) is 8.00. The zero-order chi connectivity index (χ0) is 8.72. The van der Waals surface area contributed by atoms with Crippen LogP contribution in [0.5, 0.6) is 0 Å². The van der Waals surface area contributed by atoms with Gasteiger partial charge in [-0.15, -0.1) is 0 Å². The molecule has 6 heteroatoms. The molecule has 0 aliphatic carbocycles. The van der Waals surface area contributed by atoms with Crippen molar-refractivity contribution in [3.63, 3.8) is 0 Å². The van der Waals surface area contributed by atoms with Gasteiger partial charge in [0, 0.05) is 0 Å². The molecule has 0 saturated carbocycles. The van der Waals surface area contributed by atoms with Gasteiger partial charge in [-0.1, -0.05) is 0 Å². The maximum atomic E-state index is 11.1. The smallest absolute Gasteiger partial charge is 0.262 e. The molecule has 12 heavy (non-hydrogen) atoms. The highest BCUT2D eigenvalue weighted by molar-refractivity contribution is 9.10. The highest BCUT2D eigenvalue weighted by atomic mass is 79.9. The first-order valence-corrected chi connectivity index (χ1v) is 4.69. The topological polar surface area (TPSA) is 61.5 Å². The number of pyridine rings is 1. The SMILES string of the molecule is O=c1[nH]c2c(Br)[nH]nc2cc1Br. The Morgan fingerprint density at radius 3 is 2.92 bits per heavy atom. The molecular weight excluding hydrogens is 290 g/mol. The minimum atomic E-state index is -0.162. The molecule has 62 valence electrons. The number of nitrogens with one attached hydrogen (secondary N) is 2. The van der Waals surface area contributed by atoms with Gasteiger partial charge in [0.1, 0.15) is 15.6 Å². The standard InChI is InChI=1S/C6H3Br2N3O/c7-2-1-3-4(9-6(2)12)5(8)11-10-3/h1H,(H,9,12)(H,10,11). The predicted octanol–water partition coefficient (Wildman–Crippen LogP) is 1.78. The first-order chi connectivity index (χ1) is 5.68. The van der Waals surface area contributed by atoms with Crippen molar-refractivity contribution in [2.24, 2.45) is 0 Å². The molecule has 0 aliphatic rings. The van der Waals surface area contributed by atoms with Crippen LogP contribution >= 0.6 is 31.9 Å². The van der Waals surface area contributed by atoms with Crippen LogP contribution in [0.3, 0.4) is 0 Å². The summed E-state index contributed by atoms with van der Waals surface area (Å²) >= 11 is 6.33. The van der Waals surface area contributed by atoms with Crippen LogP contribution < -0.4 is 5.56 Å². The number of rotatable bonds is 0. The maximum Gasteiger partial charge on any atom is 0.262 e. The van der Waals surface area contributed by atoms with Crippen LogP contribution in [0.25, 0.3) is 11.0 Å². The van der Waals surface area contributed by atoms with Crippen molar-refractivity contribution in [3.05, 3.63) is 25.5 Å². The minimum Gasteiger partial charge on any atom is -0.317 e. The molecule has 2 aromatic rings. The van der Waals surface area contributed by atoms with Crippen molar-refractivity contribution in [2.75, 3.05) is 0 Å². The van der Waals surface area contributed by atoms with Gasteiger partial charge in [0.25, 0.3) is 5.56 Å². The second-order valence-electron chi connectivity index (χ2n) is 2.24. The molecule has 4 nitrogen and oxygen atoms in total. The van der Waals surface area contributed by atoms with E-state index in [1.807, 2.05) is 0 Å². The lowest BCUT2D eigenvalue weighted by Crippen LogP contribution is -2.05. The van der Waals surface area contributed by atoms with Crippen LogP contribution in [0, 0.1) is 0 Å². The molecule has 0 amide bonds. The van der Waals surface area contributed by atoms with Gasteiger partial charge < -0.3 is 4.98 Å². The van der Waals surface area contributed by atoms with E-state index in [1.165, 1.54) is 0 Å². The van der Waals surface area contributed by atoms with E-state index in [0.29, 0.717) is 20.1 Å². The first-order valence-electron chi connectivity index (χ1n) is 3.11. The molecule has 0 bridgehead atoms. The molecular formula is C6H3Br2N3O. The van der Waals surface area contributed by atoms with E-state index in [9.17, 15) is 4.79 Å². The average molecular weight is 293 g/mol. The van der Waals surface area contributed by atoms with E-state index in [-0.39, 0.29) is 5.56 Å². The maximum absolute atomic E-state index is 11.1. The Morgan fingerprint density at radius 1 is 1.42 bits per heavy atom. The van der Waals surface area contributed by atoms with Gasteiger partial charge in [-0.25, -0.2) is 0 Å². The molecule has 0 spiro atoms. The van der Waals surface area contributed by atoms with Gasteiger partial charge in [-0.05, 0) is 37.9 Å². The third-order valence-corrected chi connectivity index (χ3v) is 2.63. The van der Waals surface area contributed by atoms with E-state index in [2.05, 4.69) is 47.0 Å². The molecule has 0 fully saturated rings. The molecule has 2 aromatic heterocycles. The van der Waals surface area contributed by atoms with Crippen LogP contribution in [0.4, 0.5) is 0 Å². The van der Waals surface area contributed by atoms with Gasteiger partial charge in [0.15, 0.2) is 0 Å². The number of hydrogen-bond acceptors (Lipinski definition) is 2. The van der Waals surface area contributed by atoms with Crippen LogP contribution in [-0.4, -0.2) is 15.2 Å². The quantitative estimate of drug-likeness (QED) is 0.777. The highest BCUT2D eigenvalue weighted by Crippen LogP contribution is 2.18. The van der Waals surface area contributed by atoms with Crippen molar-refractivity contribution < 1.29 is 0 Å². The van der Waals surface area contributed by atoms with Gasteiger partial charge in [-0.3, -0.25) is 9.89 Å². The zero-order valence-corrected chi connectivity index (χ0v) is 8.86. The number of fused-ring (bicyclic) bond motifs is 1. The van der Waals surface area contributed by atoms with Gasteiger partial charge in [-0.2, -0.15) is 5.10 Å². The molecule has 0 atom stereocenters. The Kier molecular flexibility index (Phi) is 1.80. The van der Waals surface area contributed by atoms with E-state index >= 15 is 0 Å². The molecule has 0 radical (unpaired) electrons. The van der Waals surface area contributed by atoms with Crippen LogP contribution in [0.2, 0.25) is 0 Å². The van der Waals surface area contributed by atoms with Gasteiger partial charge in [0.2, 0.25) is 0 Å². The van der Waals surface area contributed by atoms with Crippen molar-refractivity contribution in [3.8, 4) is 0 Å². The van der Waals surface area contributed by atoms with Crippen molar-refractivity contribution >= 4 is 42.9 Å². The summed E-state index contributed by atoms with van der Waals surface area (Å²) in [6, 6.07) is 1.66. The molecule has 0 unspecified atom stereocenters. The Labute approximate surface area is 83.6 Å². The Bertz CT molecular complexity index is 487. The minimum absolute atomic E-state index is 0.162. The monoisotopic (exact) mass is 291 g/mol. The number of H-pyrrole nitrogens is 2. The van der Waals surface area contributed by atoms with Gasteiger partial charge in [0.05, 0.1) is 4.47 Å². The van der Waals surface area contributed by atoms with Gasteiger partial charge >= 0.3 is 0 Å². The molecule has 0 saturated heterocycles. The molecule has 2 N–H and O–H groups in total. The second kappa shape index (κ2) is 2.70. The Hall–Kier alpha value is -0.620. The summed E-state index contributed by atoms with van der Waals surface area (Å²) in [5.41, 5.74) is 1.24. The van der Waals surface area contributed by atoms with Crippen LogP contribution in [0.1, 0.15) is 0 Å². The summed E-state index contributed by atoms with van der Waals surface area (Å²) < 4.78 is 1.16. The number of aromatic nitrogens is 3. The van der Waals surface area contributed by atoms with E-state index in [0.717, 1.165) is 0 Å². The van der Waals surface area contributed by atoms with Crippen molar-refractivity contribution in [1.29, 1.82) is 0 Å². The van der Waals surface area contributed by atoms with Crippen LogP contribution in [-0.2, 0) is 0 Å². The molecule has 2 rings (SSSR count). The summed E-state index contributed by atoms with van der Waals surface area (Å²) in [7, 11) is 0. The second-order valence-corrected chi connectivity index (χ2v) is 3.89. The van der Waals surface area contributed by atoms with Crippen LogP contribution in [0.15, 0.2) is 19.9 Å². The fourth-order valence-electron chi connectivity index (χ4n) is 0.916. The number of aromatic amines is 2. The Balaban J connectivity index is 2.97. The fraction of sp³-hybridized carbons (Fsp3) is 0. The zero-order valence-electron chi connectivity index (χ0n) is 5.69. The van der Waals surface area contributed by atoms with E-state index in [4.69, 9.17) is 0 Å². The summed E-state index contributed by atoms with van der Waals surface area (Å²) in [4.78, 5) is 13.8. The summed E-state index contributed by atoms with van der Waals surface area (Å²) in [5, 5.41) is 6.65. The highest BCUT2D eigenvalue weighted by Gasteiger charge is 2.05. The number of nitrogens with zero attached hydrogens (tertiary/aromatic N) is 1. The lowest BCUT2D eigenvalue weighted by atomic mass is 10.4. The summed E-state index contributed by atoms with van der Waals surface area (Å²) in [6.45, 7) is 0. The largest absolute Gasteiger partial charge is 0.317 e. The normalized spacial score (nSPS) is 10.8. The third-order valence-electron chi connectivity index (χ3n) is 1.47.